The summed E-state index contributed by atoms with van der Waals surface area (Å²) in [6.07, 6.45) is 0.505. The zero-order chi connectivity index (χ0) is 11.3. The summed E-state index contributed by atoms with van der Waals surface area (Å²) in [6, 6.07) is 8.03. The summed E-state index contributed by atoms with van der Waals surface area (Å²) in [6.45, 7) is 4.66. The molecule has 2 nitrogen and oxygen atoms in total. The maximum atomic E-state index is 9.12. The van der Waals surface area contributed by atoms with Crippen LogP contribution >= 0.6 is 11.6 Å². The first-order valence-electron chi connectivity index (χ1n) is 5.27. The molecule has 1 unspecified atom stereocenters. The Morgan fingerprint density at radius 3 is 2.60 bits per heavy atom. The molecule has 0 radical (unpaired) electrons. The van der Waals surface area contributed by atoms with Crippen LogP contribution in [0.2, 0.25) is 5.02 Å². The smallest absolute Gasteiger partial charge is 0.0524 e. The van der Waals surface area contributed by atoms with E-state index in [-0.39, 0.29) is 12.1 Å². The molecular weight excluding hydrogens is 210 g/mol. The van der Waals surface area contributed by atoms with E-state index in [4.69, 9.17) is 16.7 Å². The second-order valence-electron chi connectivity index (χ2n) is 3.84. The normalized spacial score (nSPS) is 14.9. The minimum Gasteiger partial charge on any atom is -0.393 e. The molecule has 2 atom stereocenters. The van der Waals surface area contributed by atoms with E-state index < -0.39 is 0 Å². The van der Waals surface area contributed by atoms with Crippen molar-refractivity contribution in [3.8, 4) is 0 Å². The molecule has 0 saturated heterocycles. The Kier molecular flexibility index (Phi) is 5.09. The van der Waals surface area contributed by atoms with Gasteiger partial charge >= 0.3 is 0 Å². The fourth-order valence-corrected chi connectivity index (χ4v) is 1.74. The van der Waals surface area contributed by atoms with E-state index in [1.165, 1.54) is 0 Å². The summed E-state index contributed by atoms with van der Waals surface area (Å²) in [7, 11) is 0. The van der Waals surface area contributed by atoms with Gasteiger partial charge < -0.3 is 10.4 Å². The molecule has 0 amide bonds. The molecule has 0 heterocycles. The molecule has 0 fully saturated rings. The van der Waals surface area contributed by atoms with Gasteiger partial charge in [-0.25, -0.2) is 0 Å². The Labute approximate surface area is 96.3 Å². The van der Waals surface area contributed by atoms with Gasteiger partial charge in [-0.15, -0.1) is 0 Å². The zero-order valence-electron chi connectivity index (χ0n) is 9.20. The van der Waals surface area contributed by atoms with Crippen LogP contribution in [0.4, 0.5) is 0 Å². The average Bonchev–Trinajstić information content (AvgIpc) is 2.17. The monoisotopic (exact) mass is 227 g/mol. The predicted molar refractivity (Wildman–Crippen MR) is 64.2 cm³/mol. The van der Waals surface area contributed by atoms with E-state index in [1.54, 1.807) is 6.92 Å². The number of hydrogen-bond acceptors (Lipinski definition) is 2. The standard InChI is InChI=1S/C12H18ClNO/c1-9(15)7-8-14-10(2)11-5-3-4-6-12(11)13/h3-6,9-10,14-15H,7-8H2,1-2H3/t9?,10-/m0/s1. The molecule has 0 aromatic heterocycles. The molecule has 0 aliphatic rings. The number of halogens is 1. The first-order valence-corrected chi connectivity index (χ1v) is 5.65. The lowest BCUT2D eigenvalue weighted by Gasteiger charge is -2.16. The van der Waals surface area contributed by atoms with Crippen molar-refractivity contribution in [2.75, 3.05) is 6.54 Å². The Balaban J connectivity index is 2.47. The molecule has 84 valence electrons. The molecule has 3 heteroatoms. The van der Waals surface area contributed by atoms with E-state index in [1.807, 2.05) is 24.3 Å². The van der Waals surface area contributed by atoms with Crippen LogP contribution < -0.4 is 5.32 Å². The number of rotatable bonds is 5. The van der Waals surface area contributed by atoms with E-state index in [0.29, 0.717) is 0 Å². The van der Waals surface area contributed by atoms with Gasteiger partial charge in [-0.2, -0.15) is 0 Å². The third-order valence-corrected chi connectivity index (χ3v) is 2.73. The van der Waals surface area contributed by atoms with E-state index >= 15 is 0 Å². The van der Waals surface area contributed by atoms with Crippen LogP contribution in [-0.4, -0.2) is 17.8 Å². The van der Waals surface area contributed by atoms with Crippen LogP contribution in [0, 0.1) is 0 Å². The van der Waals surface area contributed by atoms with E-state index in [0.717, 1.165) is 23.6 Å². The Bertz CT molecular complexity index is 301. The molecule has 0 aliphatic heterocycles. The number of benzene rings is 1. The van der Waals surface area contributed by atoms with Crippen molar-refractivity contribution in [2.45, 2.75) is 32.4 Å². The fourth-order valence-electron chi connectivity index (χ4n) is 1.44. The van der Waals surface area contributed by atoms with Crippen molar-refractivity contribution in [3.05, 3.63) is 34.9 Å². The highest BCUT2D eigenvalue weighted by atomic mass is 35.5. The predicted octanol–water partition coefficient (Wildman–Crippen LogP) is 2.76. The lowest BCUT2D eigenvalue weighted by molar-refractivity contribution is 0.182. The Morgan fingerprint density at radius 1 is 1.33 bits per heavy atom. The van der Waals surface area contributed by atoms with Crippen molar-refractivity contribution >= 4 is 11.6 Å². The molecule has 15 heavy (non-hydrogen) atoms. The average molecular weight is 228 g/mol. The minimum atomic E-state index is -0.254. The van der Waals surface area contributed by atoms with Crippen molar-refractivity contribution < 1.29 is 5.11 Å². The lowest BCUT2D eigenvalue weighted by atomic mass is 10.1. The first-order chi connectivity index (χ1) is 7.11. The van der Waals surface area contributed by atoms with Gasteiger partial charge in [-0.05, 0) is 38.4 Å². The molecule has 0 spiro atoms. The van der Waals surface area contributed by atoms with Crippen molar-refractivity contribution in [3.63, 3.8) is 0 Å². The summed E-state index contributed by atoms with van der Waals surface area (Å²) in [5, 5.41) is 13.2. The SMILES string of the molecule is CC(O)CCN[C@@H](C)c1ccccc1Cl. The van der Waals surface area contributed by atoms with E-state index in [9.17, 15) is 0 Å². The van der Waals surface area contributed by atoms with Crippen LogP contribution in [0.25, 0.3) is 0 Å². The lowest BCUT2D eigenvalue weighted by Crippen LogP contribution is -2.22. The summed E-state index contributed by atoms with van der Waals surface area (Å²) in [5.41, 5.74) is 1.10. The third kappa shape index (κ3) is 4.20. The number of hydrogen-bond donors (Lipinski definition) is 2. The molecule has 1 aromatic carbocycles. The topological polar surface area (TPSA) is 32.3 Å². The molecule has 0 aliphatic carbocycles. The van der Waals surface area contributed by atoms with Gasteiger partial charge in [0, 0.05) is 11.1 Å². The van der Waals surface area contributed by atoms with Gasteiger partial charge in [-0.1, -0.05) is 29.8 Å². The van der Waals surface area contributed by atoms with Gasteiger partial charge in [0.1, 0.15) is 0 Å². The number of nitrogens with one attached hydrogen (secondary N) is 1. The van der Waals surface area contributed by atoms with Gasteiger partial charge in [0.15, 0.2) is 0 Å². The summed E-state index contributed by atoms with van der Waals surface area (Å²) in [5.74, 6) is 0. The number of aliphatic hydroxyl groups excluding tert-OH is 1. The highest BCUT2D eigenvalue weighted by Gasteiger charge is 2.07. The number of aliphatic hydroxyl groups is 1. The van der Waals surface area contributed by atoms with Gasteiger partial charge in [0.05, 0.1) is 6.10 Å². The fraction of sp³-hybridized carbons (Fsp3) is 0.500. The maximum absolute atomic E-state index is 9.12. The second-order valence-corrected chi connectivity index (χ2v) is 4.24. The third-order valence-electron chi connectivity index (χ3n) is 2.38. The van der Waals surface area contributed by atoms with E-state index in [2.05, 4.69) is 12.2 Å². The molecule has 0 bridgehead atoms. The highest BCUT2D eigenvalue weighted by molar-refractivity contribution is 6.31. The quantitative estimate of drug-likeness (QED) is 0.811. The largest absolute Gasteiger partial charge is 0.393 e. The van der Waals surface area contributed by atoms with Crippen LogP contribution in [0.1, 0.15) is 31.9 Å². The zero-order valence-corrected chi connectivity index (χ0v) is 9.96. The summed E-state index contributed by atoms with van der Waals surface area (Å²) in [4.78, 5) is 0. The summed E-state index contributed by atoms with van der Waals surface area (Å²) >= 11 is 6.07. The molecule has 2 N–H and O–H groups in total. The second kappa shape index (κ2) is 6.11. The van der Waals surface area contributed by atoms with Crippen LogP contribution in [-0.2, 0) is 0 Å². The molecule has 0 saturated carbocycles. The van der Waals surface area contributed by atoms with Crippen LogP contribution in [0.5, 0.6) is 0 Å². The van der Waals surface area contributed by atoms with Crippen LogP contribution in [0.15, 0.2) is 24.3 Å². The van der Waals surface area contributed by atoms with Gasteiger partial charge in [-0.3, -0.25) is 0 Å². The van der Waals surface area contributed by atoms with Gasteiger partial charge in [0.2, 0.25) is 0 Å². The van der Waals surface area contributed by atoms with Crippen molar-refractivity contribution in [1.29, 1.82) is 0 Å². The van der Waals surface area contributed by atoms with Crippen molar-refractivity contribution in [1.82, 2.24) is 5.32 Å². The van der Waals surface area contributed by atoms with Gasteiger partial charge in [0.25, 0.3) is 0 Å². The van der Waals surface area contributed by atoms with Crippen LogP contribution in [0.3, 0.4) is 0 Å². The Hall–Kier alpha value is -0.570. The molecule has 1 rings (SSSR count). The molecular formula is C12H18ClNO. The maximum Gasteiger partial charge on any atom is 0.0524 e. The van der Waals surface area contributed by atoms with Crippen molar-refractivity contribution in [2.24, 2.45) is 0 Å². The Morgan fingerprint density at radius 2 is 2.00 bits per heavy atom. The first kappa shape index (κ1) is 12.5. The molecule has 1 aromatic rings. The summed E-state index contributed by atoms with van der Waals surface area (Å²) < 4.78 is 0. The highest BCUT2D eigenvalue weighted by Crippen LogP contribution is 2.21. The minimum absolute atomic E-state index is 0.220.